The van der Waals surface area contributed by atoms with Gasteiger partial charge in [0.15, 0.2) is 0 Å². The maximum absolute atomic E-state index is 11.4. The number of carbonyl (C=O) groups excluding carboxylic acids is 1. The largest absolute Gasteiger partial charge is 0.396 e. The number of unbranched alkanes of at least 4 members (excludes halogenated alkanes) is 3. The molecule has 0 aromatic rings. The van der Waals surface area contributed by atoms with E-state index in [9.17, 15) is 15.0 Å². The molecule has 0 aromatic heterocycles. The summed E-state index contributed by atoms with van der Waals surface area (Å²) in [6, 6.07) is -0.610. The minimum absolute atomic E-state index is 0.0869. The summed E-state index contributed by atoms with van der Waals surface area (Å²) in [4.78, 5) is 11.4. The molecule has 24 heavy (non-hydrogen) atoms. The zero-order valence-corrected chi connectivity index (χ0v) is 14.4. The van der Waals surface area contributed by atoms with E-state index in [0.29, 0.717) is 19.3 Å². The lowest BCUT2D eigenvalue weighted by Gasteiger charge is -2.14. The van der Waals surface area contributed by atoms with E-state index in [1.807, 2.05) is 0 Å². The minimum Gasteiger partial charge on any atom is -0.396 e. The van der Waals surface area contributed by atoms with Crippen molar-refractivity contribution in [2.24, 2.45) is 0 Å². The van der Waals surface area contributed by atoms with E-state index in [2.05, 4.69) is 17.5 Å². The van der Waals surface area contributed by atoms with Gasteiger partial charge < -0.3 is 25.7 Å². The Labute approximate surface area is 144 Å². The van der Waals surface area contributed by atoms with Crippen LogP contribution in [0.15, 0.2) is 12.2 Å². The summed E-state index contributed by atoms with van der Waals surface area (Å²) in [6.45, 7) is -0.0867. The second-order valence-electron chi connectivity index (χ2n) is 6.56. The monoisotopic (exact) mass is 343 g/mol. The SMILES string of the molecule is O=C(CCCO)CCCCC/C=C/CC[C@H]1N[C@H](CO)[C@H](O)[C@@H]1O. The van der Waals surface area contributed by atoms with Crippen LogP contribution in [-0.4, -0.2) is 63.7 Å². The molecule has 1 saturated heterocycles. The van der Waals surface area contributed by atoms with Crippen LogP contribution in [0.1, 0.15) is 57.8 Å². The Morgan fingerprint density at radius 1 is 0.875 bits per heavy atom. The van der Waals surface area contributed by atoms with Crippen LogP contribution in [0.5, 0.6) is 0 Å². The maximum atomic E-state index is 11.4. The maximum Gasteiger partial charge on any atom is 0.132 e. The Hall–Kier alpha value is -0.790. The van der Waals surface area contributed by atoms with Gasteiger partial charge in [0, 0.05) is 25.5 Å². The first kappa shape index (κ1) is 21.3. The van der Waals surface area contributed by atoms with Crippen molar-refractivity contribution in [2.45, 2.75) is 82.1 Å². The molecule has 6 heteroatoms. The fourth-order valence-corrected chi connectivity index (χ4v) is 3.04. The molecule has 0 saturated carbocycles. The molecule has 1 aliphatic rings. The third-order valence-electron chi connectivity index (χ3n) is 4.55. The Kier molecular flexibility index (Phi) is 11.1. The van der Waals surface area contributed by atoms with Gasteiger partial charge in [0.2, 0.25) is 0 Å². The quantitative estimate of drug-likeness (QED) is 0.248. The summed E-state index contributed by atoms with van der Waals surface area (Å²) < 4.78 is 0. The number of Topliss-reactive ketones (excluding diaryl/α,β-unsaturated/α-hetero) is 1. The summed E-state index contributed by atoms with van der Waals surface area (Å²) in [5.41, 5.74) is 0. The number of aliphatic hydroxyl groups excluding tert-OH is 4. The average molecular weight is 343 g/mol. The predicted octanol–water partition coefficient (Wildman–Crippen LogP) is 0.669. The summed E-state index contributed by atoms with van der Waals surface area (Å²) in [5.74, 6) is 0.241. The first-order valence-corrected chi connectivity index (χ1v) is 9.10. The lowest BCUT2D eigenvalue weighted by Crippen LogP contribution is -2.36. The van der Waals surface area contributed by atoms with Gasteiger partial charge in [-0.05, 0) is 38.5 Å². The van der Waals surface area contributed by atoms with Crippen LogP contribution >= 0.6 is 0 Å². The molecule has 0 amide bonds. The summed E-state index contributed by atoms with van der Waals surface area (Å²) in [7, 11) is 0. The molecule has 4 atom stereocenters. The zero-order chi connectivity index (χ0) is 17.8. The molecule has 0 bridgehead atoms. The van der Waals surface area contributed by atoms with Gasteiger partial charge in [0.25, 0.3) is 0 Å². The number of nitrogens with one attached hydrogen (secondary N) is 1. The standard InChI is InChI=1S/C18H33NO5/c20-12-8-10-14(22)9-6-4-2-1-3-5-7-11-15-17(23)18(24)16(13-21)19-15/h3,5,15-21,23-24H,1-2,4,6-13H2/b5-3+/t15-,16-,17-,18+/m1/s1. The van der Waals surface area contributed by atoms with Crippen LogP contribution in [0.3, 0.4) is 0 Å². The molecular formula is C18H33NO5. The summed E-state index contributed by atoms with van der Waals surface area (Å²) >= 11 is 0. The van der Waals surface area contributed by atoms with E-state index in [4.69, 9.17) is 10.2 Å². The summed E-state index contributed by atoms with van der Waals surface area (Å²) in [6.07, 6.45) is 9.68. The predicted molar refractivity (Wildman–Crippen MR) is 92.6 cm³/mol. The molecule has 1 heterocycles. The number of ketones is 1. The number of hydrogen-bond acceptors (Lipinski definition) is 6. The van der Waals surface area contributed by atoms with E-state index in [-0.39, 0.29) is 25.0 Å². The Morgan fingerprint density at radius 2 is 1.54 bits per heavy atom. The van der Waals surface area contributed by atoms with E-state index in [0.717, 1.165) is 38.5 Å². The van der Waals surface area contributed by atoms with Crippen molar-refractivity contribution >= 4 is 5.78 Å². The van der Waals surface area contributed by atoms with Crippen molar-refractivity contribution in [3.8, 4) is 0 Å². The van der Waals surface area contributed by atoms with Crippen LogP contribution in [0.2, 0.25) is 0 Å². The van der Waals surface area contributed by atoms with Crippen LogP contribution in [0, 0.1) is 0 Å². The van der Waals surface area contributed by atoms with Crippen molar-refractivity contribution in [1.29, 1.82) is 0 Å². The number of allylic oxidation sites excluding steroid dienone is 2. The third kappa shape index (κ3) is 7.85. The topological polar surface area (TPSA) is 110 Å². The first-order valence-electron chi connectivity index (χ1n) is 9.10. The smallest absolute Gasteiger partial charge is 0.132 e. The molecule has 6 nitrogen and oxygen atoms in total. The van der Waals surface area contributed by atoms with Crippen LogP contribution in [-0.2, 0) is 4.79 Å². The second kappa shape index (κ2) is 12.6. The molecular weight excluding hydrogens is 310 g/mol. The van der Waals surface area contributed by atoms with Crippen molar-refractivity contribution in [3.05, 3.63) is 12.2 Å². The van der Waals surface area contributed by atoms with Crippen molar-refractivity contribution in [3.63, 3.8) is 0 Å². The van der Waals surface area contributed by atoms with Crippen molar-refractivity contribution < 1.29 is 25.2 Å². The minimum atomic E-state index is -0.899. The molecule has 0 unspecified atom stereocenters. The fraction of sp³-hybridized carbons (Fsp3) is 0.833. The molecule has 1 rings (SSSR count). The molecule has 0 spiro atoms. The van der Waals surface area contributed by atoms with Gasteiger partial charge in [-0.1, -0.05) is 18.6 Å². The van der Waals surface area contributed by atoms with E-state index in [1.54, 1.807) is 0 Å². The number of hydrogen-bond donors (Lipinski definition) is 5. The van der Waals surface area contributed by atoms with Gasteiger partial charge in [0.1, 0.15) is 5.78 Å². The van der Waals surface area contributed by atoms with Gasteiger partial charge >= 0.3 is 0 Å². The molecule has 1 aliphatic heterocycles. The van der Waals surface area contributed by atoms with Crippen molar-refractivity contribution in [2.75, 3.05) is 13.2 Å². The zero-order valence-electron chi connectivity index (χ0n) is 14.4. The second-order valence-corrected chi connectivity index (χ2v) is 6.56. The van der Waals surface area contributed by atoms with Crippen LogP contribution in [0.4, 0.5) is 0 Å². The van der Waals surface area contributed by atoms with Crippen LogP contribution in [0.25, 0.3) is 0 Å². The molecule has 140 valence electrons. The molecule has 0 aliphatic carbocycles. The number of aliphatic hydroxyl groups is 4. The highest BCUT2D eigenvalue weighted by Crippen LogP contribution is 2.18. The van der Waals surface area contributed by atoms with Gasteiger partial charge in [-0.3, -0.25) is 4.79 Å². The fourth-order valence-electron chi connectivity index (χ4n) is 3.04. The highest BCUT2D eigenvalue weighted by atomic mass is 16.3. The Balaban J connectivity index is 2.00. The molecule has 0 radical (unpaired) electrons. The molecule has 5 N–H and O–H groups in total. The normalized spacial score (nSPS) is 27.2. The van der Waals surface area contributed by atoms with Crippen LogP contribution < -0.4 is 5.32 Å². The van der Waals surface area contributed by atoms with Gasteiger partial charge in [-0.15, -0.1) is 0 Å². The van der Waals surface area contributed by atoms with E-state index >= 15 is 0 Å². The molecule has 1 fully saturated rings. The highest BCUT2D eigenvalue weighted by Gasteiger charge is 2.39. The van der Waals surface area contributed by atoms with Gasteiger partial charge in [-0.25, -0.2) is 0 Å². The van der Waals surface area contributed by atoms with Crippen molar-refractivity contribution in [1.82, 2.24) is 5.32 Å². The third-order valence-corrected chi connectivity index (χ3v) is 4.55. The lowest BCUT2D eigenvalue weighted by atomic mass is 10.0. The number of carbonyl (C=O) groups is 1. The molecule has 0 aromatic carbocycles. The Bertz CT molecular complexity index is 374. The lowest BCUT2D eigenvalue weighted by molar-refractivity contribution is -0.119. The van der Waals surface area contributed by atoms with E-state index < -0.39 is 18.2 Å². The van der Waals surface area contributed by atoms with Gasteiger partial charge in [-0.2, -0.15) is 0 Å². The first-order chi connectivity index (χ1) is 11.6. The highest BCUT2D eigenvalue weighted by molar-refractivity contribution is 5.78. The average Bonchev–Trinajstić information content (AvgIpc) is 2.86. The number of rotatable bonds is 13. The summed E-state index contributed by atoms with van der Waals surface area (Å²) in [5, 5.41) is 40.4. The van der Waals surface area contributed by atoms with E-state index in [1.165, 1.54) is 0 Å². The Morgan fingerprint density at radius 3 is 2.21 bits per heavy atom. The van der Waals surface area contributed by atoms with Gasteiger partial charge in [0.05, 0.1) is 24.9 Å².